The van der Waals surface area contributed by atoms with Crippen molar-refractivity contribution in [3.05, 3.63) is 16.9 Å². The number of carbonyl (C=O) groups is 1. The van der Waals surface area contributed by atoms with Crippen LogP contribution in [0.25, 0.3) is 0 Å². The molecule has 0 atom stereocenters. The van der Waals surface area contributed by atoms with Gasteiger partial charge >= 0.3 is 0 Å². The number of hydrogen-bond donors (Lipinski definition) is 0. The summed E-state index contributed by atoms with van der Waals surface area (Å²) in [4.78, 5) is 21.9. The molecule has 0 N–H and O–H groups in total. The van der Waals surface area contributed by atoms with E-state index in [9.17, 15) is 4.79 Å². The summed E-state index contributed by atoms with van der Waals surface area (Å²) in [5.41, 5.74) is 0.353. The minimum atomic E-state index is -0.133. The molecule has 1 aromatic heterocycles. The third kappa shape index (κ3) is 2.88. The van der Waals surface area contributed by atoms with E-state index in [2.05, 4.69) is 9.97 Å². The molecule has 1 amide bonds. The Morgan fingerprint density at radius 3 is 2.82 bits per heavy atom. The monoisotopic (exact) mass is 273 g/mol. The highest BCUT2D eigenvalue weighted by atomic mass is 35.5. The van der Waals surface area contributed by atoms with Crippen LogP contribution in [0.3, 0.4) is 0 Å². The Labute approximate surface area is 109 Å². The van der Waals surface area contributed by atoms with Crippen molar-refractivity contribution in [1.29, 1.82) is 0 Å². The number of nitrogens with zero attached hydrogens (tertiary/aromatic N) is 3. The fourth-order valence-electron chi connectivity index (χ4n) is 1.52. The van der Waals surface area contributed by atoms with E-state index in [1.807, 2.05) is 6.26 Å². The number of halogens is 1. The summed E-state index contributed by atoms with van der Waals surface area (Å²) in [6, 6.07) is 0. The minimum absolute atomic E-state index is 0.133. The average Bonchev–Trinajstić information content (AvgIpc) is 2.39. The van der Waals surface area contributed by atoms with Crippen LogP contribution < -0.4 is 0 Å². The molecule has 0 radical (unpaired) electrons. The Morgan fingerprint density at radius 2 is 2.24 bits per heavy atom. The first kappa shape index (κ1) is 12.6. The lowest BCUT2D eigenvalue weighted by molar-refractivity contribution is 0.0302. The number of rotatable bonds is 2. The molecule has 17 heavy (non-hydrogen) atoms. The predicted octanol–water partition coefficient (Wildman–Crippen LogP) is 1.32. The molecule has 0 aromatic carbocycles. The number of ether oxygens (including phenoxy) is 1. The molecule has 0 saturated carbocycles. The second-order valence-electron chi connectivity index (χ2n) is 3.47. The maximum absolute atomic E-state index is 12.1. The quantitative estimate of drug-likeness (QED) is 0.462. The molecular weight excluding hydrogens is 262 g/mol. The molecule has 0 bridgehead atoms. The largest absolute Gasteiger partial charge is 0.378 e. The van der Waals surface area contributed by atoms with Gasteiger partial charge in [-0.25, -0.2) is 9.97 Å². The molecule has 7 heteroatoms. The van der Waals surface area contributed by atoms with Crippen molar-refractivity contribution >= 4 is 29.3 Å². The smallest absolute Gasteiger partial charge is 0.258 e. The van der Waals surface area contributed by atoms with Gasteiger partial charge in [0.15, 0.2) is 5.16 Å². The first-order chi connectivity index (χ1) is 8.22. The van der Waals surface area contributed by atoms with Gasteiger partial charge in [-0.05, 0) is 6.26 Å². The Balaban J connectivity index is 2.18. The van der Waals surface area contributed by atoms with Crippen LogP contribution in [0, 0.1) is 0 Å². The molecular formula is C10H12ClN3O2S. The SMILES string of the molecule is CSc1ncc(C(=O)N2CCOCC2)c(Cl)n1. The number of thioether (sulfide) groups is 1. The van der Waals surface area contributed by atoms with Gasteiger partial charge < -0.3 is 9.64 Å². The number of morpholine rings is 1. The molecule has 1 saturated heterocycles. The van der Waals surface area contributed by atoms with E-state index in [4.69, 9.17) is 16.3 Å². The van der Waals surface area contributed by atoms with Crippen molar-refractivity contribution in [2.24, 2.45) is 0 Å². The second-order valence-corrected chi connectivity index (χ2v) is 4.60. The van der Waals surface area contributed by atoms with Crippen LogP contribution in [0.5, 0.6) is 0 Å². The highest BCUT2D eigenvalue weighted by molar-refractivity contribution is 7.98. The molecule has 0 unspecified atom stereocenters. The van der Waals surface area contributed by atoms with E-state index in [1.54, 1.807) is 4.90 Å². The van der Waals surface area contributed by atoms with Crippen molar-refractivity contribution in [3.8, 4) is 0 Å². The maximum atomic E-state index is 12.1. The molecule has 0 aliphatic carbocycles. The lowest BCUT2D eigenvalue weighted by Crippen LogP contribution is -2.40. The van der Waals surface area contributed by atoms with Gasteiger partial charge in [0.05, 0.1) is 18.8 Å². The summed E-state index contributed by atoms with van der Waals surface area (Å²) in [6.45, 7) is 2.29. The lowest BCUT2D eigenvalue weighted by atomic mass is 10.3. The molecule has 0 spiro atoms. The molecule has 2 rings (SSSR count). The van der Waals surface area contributed by atoms with Crippen molar-refractivity contribution in [2.45, 2.75) is 5.16 Å². The van der Waals surface area contributed by atoms with Crippen LogP contribution in [-0.4, -0.2) is 53.3 Å². The van der Waals surface area contributed by atoms with Crippen molar-refractivity contribution < 1.29 is 9.53 Å². The standard InChI is InChI=1S/C10H12ClN3O2S/c1-17-10-12-6-7(8(11)13-10)9(15)14-2-4-16-5-3-14/h6H,2-5H2,1H3. The van der Waals surface area contributed by atoms with Crippen LogP contribution >= 0.6 is 23.4 Å². The molecule has 1 aliphatic rings. The summed E-state index contributed by atoms with van der Waals surface area (Å²) >= 11 is 7.37. The van der Waals surface area contributed by atoms with Gasteiger partial charge in [0.1, 0.15) is 5.15 Å². The topological polar surface area (TPSA) is 55.3 Å². The number of hydrogen-bond acceptors (Lipinski definition) is 5. The zero-order chi connectivity index (χ0) is 12.3. The van der Waals surface area contributed by atoms with Crippen LogP contribution in [0.15, 0.2) is 11.4 Å². The average molecular weight is 274 g/mol. The van der Waals surface area contributed by atoms with E-state index in [-0.39, 0.29) is 11.1 Å². The van der Waals surface area contributed by atoms with Gasteiger partial charge in [0.2, 0.25) is 0 Å². The van der Waals surface area contributed by atoms with Crippen molar-refractivity contribution in [2.75, 3.05) is 32.6 Å². The fourth-order valence-corrected chi connectivity index (χ4v) is 2.13. The zero-order valence-electron chi connectivity index (χ0n) is 9.35. The lowest BCUT2D eigenvalue weighted by Gasteiger charge is -2.26. The third-order valence-electron chi connectivity index (χ3n) is 2.43. The van der Waals surface area contributed by atoms with Crippen molar-refractivity contribution in [3.63, 3.8) is 0 Å². The van der Waals surface area contributed by atoms with E-state index in [0.717, 1.165) is 0 Å². The van der Waals surface area contributed by atoms with Gasteiger partial charge in [-0.15, -0.1) is 0 Å². The van der Waals surface area contributed by atoms with E-state index >= 15 is 0 Å². The molecule has 92 valence electrons. The molecule has 2 heterocycles. The van der Waals surface area contributed by atoms with Crippen LogP contribution in [-0.2, 0) is 4.74 Å². The minimum Gasteiger partial charge on any atom is -0.378 e. The summed E-state index contributed by atoms with van der Waals surface area (Å²) in [7, 11) is 0. The van der Waals surface area contributed by atoms with Gasteiger partial charge in [-0.2, -0.15) is 0 Å². The molecule has 1 aromatic rings. The Bertz CT molecular complexity index is 424. The number of carbonyl (C=O) groups excluding carboxylic acids is 1. The van der Waals surface area contributed by atoms with Gasteiger partial charge in [0, 0.05) is 19.3 Å². The fraction of sp³-hybridized carbons (Fsp3) is 0.500. The van der Waals surface area contributed by atoms with Crippen LogP contribution in [0.1, 0.15) is 10.4 Å². The molecule has 5 nitrogen and oxygen atoms in total. The van der Waals surface area contributed by atoms with E-state index in [0.29, 0.717) is 37.0 Å². The van der Waals surface area contributed by atoms with Crippen LogP contribution in [0.2, 0.25) is 5.15 Å². The van der Waals surface area contributed by atoms with E-state index in [1.165, 1.54) is 18.0 Å². The summed E-state index contributed by atoms with van der Waals surface area (Å²) in [5, 5.41) is 0.773. The van der Waals surface area contributed by atoms with Gasteiger partial charge in [-0.1, -0.05) is 23.4 Å². The maximum Gasteiger partial charge on any atom is 0.258 e. The number of aromatic nitrogens is 2. The predicted molar refractivity (Wildman–Crippen MR) is 65.5 cm³/mol. The Morgan fingerprint density at radius 1 is 1.53 bits per heavy atom. The van der Waals surface area contributed by atoms with E-state index < -0.39 is 0 Å². The first-order valence-electron chi connectivity index (χ1n) is 5.16. The van der Waals surface area contributed by atoms with Crippen molar-refractivity contribution in [1.82, 2.24) is 14.9 Å². The second kappa shape index (κ2) is 5.66. The highest BCUT2D eigenvalue weighted by Crippen LogP contribution is 2.18. The van der Waals surface area contributed by atoms with Crippen LogP contribution in [0.4, 0.5) is 0 Å². The third-order valence-corrected chi connectivity index (χ3v) is 3.28. The summed E-state index contributed by atoms with van der Waals surface area (Å²) in [6.07, 6.45) is 3.34. The summed E-state index contributed by atoms with van der Waals surface area (Å²) in [5.74, 6) is -0.133. The zero-order valence-corrected chi connectivity index (χ0v) is 10.9. The van der Waals surface area contributed by atoms with Gasteiger partial charge in [0.25, 0.3) is 5.91 Å². The Kier molecular flexibility index (Phi) is 4.20. The normalized spacial score (nSPS) is 16.0. The van der Waals surface area contributed by atoms with Gasteiger partial charge in [-0.3, -0.25) is 4.79 Å². The first-order valence-corrected chi connectivity index (χ1v) is 6.76. The summed E-state index contributed by atoms with van der Waals surface area (Å²) < 4.78 is 5.19. The highest BCUT2D eigenvalue weighted by Gasteiger charge is 2.21. The molecule has 1 fully saturated rings. The molecule has 1 aliphatic heterocycles. The Hall–Kier alpha value is -0.850. The number of amides is 1.